The van der Waals surface area contributed by atoms with Crippen LogP contribution < -0.4 is 0 Å². The lowest BCUT2D eigenvalue weighted by atomic mass is 10.4. The van der Waals surface area contributed by atoms with E-state index in [1.807, 2.05) is 35.2 Å². The zero-order chi connectivity index (χ0) is 10.8. The van der Waals surface area contributed by atoms with Gasteiger partial charge in [0.25, 0.3) is 0 Å². The first kappa shape index (κ1) is 8.84. The van der Waals surface area contributed by atoms with Crippen molar-refractivity contribution < 1.29 is 0 Å². The van der Waals surface area contributed by atoms with Gasteiger partial charge in [0.05, 0.1) is 12.0 Å². The van der Waals surface area contributed by atoms with E-state index in [-0.39, 0.29) is 0 Å². The van der Waals surface area contributed by atoms with Gasteiger partial charge < -0.3 is 4.57 Å². The third-order valence-corrected chi connectivity index (χ3v) is 2.27. The Balaban J connectivity index is 2.07. The molecule has 0 spiro atoms. The molecule has 0 aliphatic rings. The molecule has 0 aliphatic carbocycles. The molecule has 0 saturated heterocycles. The van der Waals surface area contributed by atoms with Crippen LogP contribution in [0.2, 0.25) is 0 Å². The molecule has 0 saturated carbocycles. The van der Waals surface area contributed by atoms with Crippen molar-refractivity contribution in [3.63, 3.8) is 0 Å². The highest BCUT2D eigenvalue weighted by atomic mass is 15.3. The van der Waals surface area contributed by atoms with Gasteiger partial charge in [-0.2, -0.15) is 5.10 Å². The number of rotatable bonds is 2. The molecule has 3 aromatic heterocycles. The minimum absolute atomic E-state index is 0.788. The van der Waals surface area contributed by atoms with Crippen molar-refractivity contribution in [1.82, 2.24) is 24.3 Å². The summed E-state index contributed by atoms with van der Waals surface area (Å²) in [6, 6.07) is 5.74. The highest BCUT2D eigenvalue weighted by molar-refractivity contribution is 5.37. The molecular formula is C11H9N5. The summed E-state index contributed by atoms with van der Waals surface area (Å²) in [7, 11) is 0. The number of pyridine rings is 1. The molecule has 0 aliphatic heterocycles. The lowest BCUT2D eigenvalue weighted by molar-refractivity contribution is 0.843. The smallest absolute Gasteiger partial charge is 0.155 e. The Morgan fingerprint density at radius 1 is 1.06 bits per heavy atom. The van der Waals surface area contributed by atoms with E-state index in [0.29, 0.717) is 0 Å². The Hall–Kier alpha value is -2.43. The second kappa shape index (κ2) is 3.62. The molecule has 0 aromatic carbocycles. The molecule has 5 heteroatoms. The highest BCUT2D eigenvalue weighted by Gasteiger charge is 2.00. The fourth-order valence-electron chi connectivity index (χ4n) is 1.51. The molecule has 0 atom stereocenters. The van der Waals surface area contributed by atoms with E-state index in [1.165, 1.54) is 0 Å². The van der Waals surface area contributed by atoms with Crippen LogP contribution in [0.1, 0.15) is 0 Å². The highest BCUT2D eigenvalue weighted by Crippen LogP contribution is 2.10. The van der Waals surface area contributed by atoms with Crippen LogP contribution >= 0.6 is 0 Å². The van der Waals surface area contributed by atoms with Crippen LogP contribution in [-0.4, -0.2) is 24.3 Å². The molecule has 0 amide bonds. The topological polar surface area (TPSA) is 48.5 Å². The minimum atomic E-state index is 0.788. The largest absolute Gasteiger partial charge is 0.306 e. The molecular weight excluding hydrogens is 202 g/mol. The van der Waals surface area contributed by atoms with Crippen LogP contribution in [0.3, 0.4) is 0 Å². The van der Waals surface area contributed by atoms with Gasteiger partial charge in [0, 0.05) is 37.1 Å². The summed E-state index contributed by atoms with van der Waals surface area (Å²) < 4.78 is 3.65. The molecule has 3 aromatic rings. The van der Waals surface area contributed by atoms with Crippen molar-refractivity contribution in [3.8, 4) is 11.5 Å². The van der Waals surface area contributed by atoms with Crippen molar-refractivity contribution in [3.05, 3.63) is 55.5 Å². The molecule has 0 fully saturated rings. The van der Waals surface area contributed by atoms with Crippen molar-refractivity contribution in [2.24, 2.45) is 0 Å². The number of hydrogen-bond acceptors (Lipinski definition) is 3. The molecule has 3 rings (SSSR count). The summed E-state index contributed by atoms with van der Waals surface area (Å²) in [6.45, 7) is 0. The van der Waals surface area contributed by atoms with Crippen LogP contribution in [0.25, 0.3) is 11.5 Å². The molecule has 3 heterocycles. The van der Waals surface area contributed by atoms with Crippen LogP contribution in [0.15, 0.2) is 55.5 Å². The Bertz CT molecular complexity index is 519. The lowest BCUT2D eigenvalue weighted by Crippen LogP contribution is -1.99. The van der Waals surface area contributed by atoms with Gasteiger partial charge in [-0.3, -0.25) is 0 Å². The fourth-order valence-corrected chi connectivity index (χ4v) is 1.51. The summed E-state index contributed by atoms with van der Waals surface area (Å²) in [4.78, 5) is 8.27. The van der Waals surface area contributed by atoms with Crippen LogP contribution in [-0.2, 0) is 0 Å². The van der Waals surface area contributed by atoms with Gasteiger partial charge in [-0.1, -0.05) is 0 Å². The van der Waals surface area contributed by atoms with Crippen molar-refractivity contribution >= 4 is 0 Å². The maximum absolute atomic E-state index is 4.26. The van der Waals surface area contributed by atoms with E-state index in [2.05, 4.69) is 15.1 Å². The molecule has 16 heavy (non-hydrogen) atoms. The molecule has 0 bridgehead atoms. The van der Waals surface area contributed by atoms with Crippen molar-refractivity contribution in [2.75, 3.05) is 0 Å². The first-order valence-corrected chi connectivity index (χ1v) is 4.88. The van der Waals surface area contributed by atoms with Crippen LogP contribution in [0.4, 0.5) is 0 Å². The minimum Gasteiger partial charge on any atom is -0.306 e. The van der Waals surface area contributed by atoms with Gasteiger partial charge in [-0.25, -0.2) is 14.6 Å². The van der Waals surface area contributed by atoms with E-state index in [1.54, 1.807) is 29.6 Å². The van der Waals surface area contributed by atoms with Crippen molar-refractivity contribution in [2.45, 2.75) is 0 Å². The maximum atomic E-state index is 4.26. The second-order valence-electron chi connectivity index (χ2n) is 3.29. The van der Waals surface area contributed by atoms with E-state index < -0.39 is 0 Å². The summed E-state index contributed by atoms with van der Waals surface area (Å²) in [5, 5.41) is 4.14. The molecule has 0 N–H and O–H groups in total. The summed E-state index contributed by atoms with van der Waals surface area (Å²) in [5.74, 6) is 0.788. The van der Waals surface area contributed by atoms with Crippen LogP contribution in [0, 0.1) is 0 Å². The van der Waals surface area contributed by atoms with E-state index in [9.17, 15) is 0 Å². The lowest BCUT2D eigenvalue weighted by Gasteiger charge is -2.04. The van der Waals surface area contributed by atoms with Gasteiger partial charge in [0.15, 0.2) is 5.82 Å². The molecule has 0 radical (unpaired) electrons. The Morgan fingerprint density at radius 2 is 2.06 bits per heavy atom. The summed E-state index contributed by atoms with van der Waals surface area (Å²) in [6.07, 6.45) is 10.7. The Labute approximate surface area is 92.0 Å². The van der Waals surface area contributed by atoms with Gasteiger partial charge in [-0.15, -0.1) is 0 Å². The zero-order valence-corrected chi connectivity index (χ0v) is 8.43. The van der Waals surface area contributed by atoms with Crippen molar-refractivity contribution in [1.29, 1.82) is 0 Å². The first-order chi connectivity index (χ1) is 7.93. The third kappa shape index (κ3) is 1.48. The number of aromatic nitrogens is 5. The van der Waals surface area contributed by atoms with E-state index >= 15 is 0 Å². The Morgan fingerprint density at radius 3 is 2.81 bits per heavy atom. The predicted octanol–water partition coefficient (Wildman–Crippen LogP) is 1.45. The average molecular weight is 211 g/mol. The zero-order valence-electron chi connectivity index (χ0n) is 8.43. The van der Waals surface area contributed by atoms with Gasteiger partial charge >= 0.3 is 0 Å². The summed E-state index contributed by atoms with van der Waals surface area (Å²) >= 11 is 0. The average Bonchev–Trinajstić information content (AvgIpc) is 3.03. The third-order valence-electron chi connectivity index (χ3n) is 2.27. The number of nitrogens with zero attached hydrogens (tertiary/aromatic N) is 5. The fraction of sp³-hybridized carbons (Fsp3) is 0. The molecule has 78 valence electrons. The van der Waals surface area contributed by atoms with Gasteiger partial charge in [0.1, 0.15) is 0 Å². The predicted molar refractivity (Wildman–Crippen MR) is 58.5 cm³/mol. The van der Waals surface area contributed by atoms with Gasteiger partial charge in [0.2, 0.25) is 0 Å². The van der Waals surface area contributed by atoms with E-state index in [4.69, 9.17) is 0 Å². The molecule has 5 nitrogen and oxygen atoms in total. The monoisotopic (exact) mass is 211 g/mol. The normalized spacial score (nSPS) is 10.5. The Kier molecular flexibility index (Phi) is 2.00. The molecule has 0 unspecified atom stereocenters. The van der Waals surface area contributed by atoms with E-state index in [0.717, 1.165) is 11.5 Å². The van der Waals surface area contributed by atoms with Gasteiger partial charge in [-0.05, 0) is 12.1 Å². The number of imidazole rings is 1. The number of hydrogen-bond donors (Lipinski definition) is 0. The summed E-state index contributed by atoms with van der Waals surface area (Å²) in [5.41, 5.74) is 1.01. The second-order valence-corrected chi connectivity index (χ2v) is 3.29. The van der Waals surface area contributed by atoms with Crippen LogP contribution in [0.5, 0.6) is 0 Å². The standard InChI is InChI=1S/C11H9N5/c1-3-14-16(6-1)11-8-10(2-4-13-11)15-7-5-12-9-15/h1-9H. The maximum Gasteiger partial charge on any atom is 0.155 e. The SMILES string of the molecule is c1cnn(-c2cc(-n3ccnc3)ccn2)c1. The first-order valence-electron chi connectivity index (χ1n) is 4.88. The quantitative estimate of drug-likeness (QED) is 0.644.